The van der Waals surface area contributed by atoms with Crippen LogP contribution in [0.5, 0.6) is 17.2 Å². The molecular formula is C19H25BrO3. The first-order chi connectivity index (χ1) is 11.3. The molecule has 3 nitrogen and oxygen atoms in total. The number of fused-ring (bicyclic) bond motifs is 1. The summed E-state index contributed by atoms with van der Waals surface area (Å²) in [5.74, 6) is 2.37. The number of unbranched alkanes of at least 4 members (excludes halogenated alkanes) is 3. The van der Waals surface area contributed by atoms with Crippen LogP contribution in [-0.2, 0) is 0 Å². The van der Waals surface area contributed by atoms with E-state index in [-0.39, 0.29) is 0 Å². The Morgan fingerprint density at radius 2 is 1.65 bits per heavy atom. The molecule has 2 aromatic carbocycles. The molecular weight excluding hydrogens is 356 g/mol. The largest absolute Gasteiger partial charge is 0.493 e. The summed E-state index contributed by atoms with van der Waals surface area (Å²) in [5, 5.41) is 3.18. The summed E-state index contributed by atoms with van der Waals surface area (Å²) >= 11 is 3.46. The number of hydrogen-bond donors (Lipinski definition) is 0. The van der Waals surface area contributed by atoms with Gasteiger partial charge in [0.1, 0.15) is 5.75 Å². The van der Waals surface area contributed by atoms with Crippen LogP contribution in [0, 0.1) is 0 Å². The minimum absolute atomic E-state index is 0.605. The van der Waals surface area contributed by atoms with Crippen LogP contribution in [-0.4, -0.2) is 25.7 Å². The maximum absolute atomic E-state index is 6.03. The van der Waals surface area contributed by atoms with E-state index in [0.29, 0.717) is 6.61 Å². The highest BCUT2D eigenvalue weighted by Crippen LogP contribution is 2.41. The molecule has 0 heterocycles. The number of halogens is 1. The highest BCUT2D eigenvalue weighted by atomic mass is 79.9. The van der Waals surface area contributed by atoms with Crippen LogP contribution < -0.4 is 14.2 Å². The molecule has 126 valence electrons. The number of hydrogen-bond acceptors (Lipinski definition) is 3. The van der Waals surface area contributed by atoms with E-state index in [9.17, 15) is 0 Å². The Morgan fingerprint density at radius 1 is 0.913 bits per heavy atom. The van der Waals surface area contributed by atoms with E-state index in [1.54, 1.807) is 7.11 Å². The summed E-state index contributed by atoms with van der Waals surface area (Å²) in [5.41, 5.74) is 0. The smallest absolute Gasteiger partial charge is 0.169 e. The summed E-state index contributed by atoms with van der Waals surface area (Å²) in [7, 11) is 1.66. The first-order valence-corrected chi connectivity index (χ1v) is 9.35. The molecule has 0 amide bonds. The number of ether oxygens (including phenoxy) is 3. The van der Waals surface area contributed by atoms with Crippen molar-refractivity contribution in [2.45, 2.75) is 32.6 Å². The van der Waals surface area contributed by atoms with Gasteiger partial charge in [-0.05, 0) is 19.8 Å². The lowest BCUT2D eigenvalue weighted by Crippen LogP contribution is -2.01. The van der Waals surface area contributed by atoms with Gasteiger partial charge in [-0.25, -0.2) is 0 Å². The molecule has 0 bridgehead atoms. The number of alkyl halides is 1. The average molecular weight is 381 g/mol. The minimum Gasteiger partial charge on any atom is -0.493 e. The van der Waals surface area contributed by atoms with Crippen LogP contribution in [0.4, 0.5) is 0 Å². The molecule has 0 radical (unpaired) electrons. The summed E-state index contributed by atoms with van der Waals surface area (Å²) in [6.45, 7) is 3.31. The monoisotopic (exact) mass is 380 g/mol. The van der Waals surface area contributed by atoms with E-state index in [4.69, 9.17) is 14.2 Å². The Kier molecular flexibility index (Phi) is 7.53. The predicted octanol–water partition coefficient (Wildman–Crippen LogP) is 5.58. The standard InChI is InChI=1S/C19H25BrO3/c1-3-22-19-16-11-7-6-10-15(16)17(14-18(19)21-2)23-13-9-5-4-8-12-20/h6-7,10-11,14H,3-5,8-9,12-13H2,1-2H3. The molecule has 0 aliphatic rings. The summed E-state index contributed by atoms with van der Waals surface area (Å²) in [6, 6.07) is 10.1. The predicted molar refractivity (Wildman–Crippen MR) is 99.4 cm³/mol. The fraction of sp³-hybridized carbons (Fsp3) is 0.474. The van der Waals surface area contributed by atoms with Gasteiger partial charge in [-0.3, -0.25) is 0 Å². The van der Waals surface area contributed by atoms with Gasteiger partial charge < -0.3 is 14.2 Å². The quantitative estimate of drug-likeness (QED) is 0.397. The Labute approximate surface area is 147 Å². The lowest BCUT2D eigenvalue weighted by atomic mass is 10.1. The van der Waals surface area contributed by atoms with Gasteiger partial charge in [-0.2, -0.15) is 0 Å². The molecule has 23 heavy (non-hydrogen) atoms. The van der Waals surface area contributed by atoms with Gasteiger partial charge in [-0.15, -0.1) is 0 Å². The molecule has 0 spiro atoms. The zero-order valence-corrected chi connectivity index (χ0v) is 15.5. The fourth-order valence-corrected chi connectivity index (χ4v) is 2.98. The summed E-state index contributed by atoms with van der Waals surface area (Å²) in [6.07, 6.45) is 4.72. The van der Waals surface area contributed by atoms with Crippen molar-refractivity contribution < 1.29 is 14.2 Å². The highest BCUT2D eigenvalue weighted by Gasteiger charge is 2.14. The van der Waals surface area contributed by atoms with E-state index < -0.39 is 0 Å². The van der Waals surface area contributed by atoms with Gasteiger partial charge in [0.25, 0.3) is 0 Å². The van der Waals surface area contributed by atoms with Crippen LogP contribution in [0.3, 0.4) is 0 Å². The molecule has 0 unspecified atom stereocenters. The third kappa shape index (κ3) is 4.77. The Morgan fingerprint density at radius 3 is 2.35 bits per heavy atom. The average Bonchev–Trinajstić information content (AvgIpc) is 2.59. The number of rotatable bonds is 10. The van der Waals surface area contributed by atoms with E-state index in [1.165, 1.54) is 19.3 Å². The zero-order chi connectivity index (χ0) is 16.5. The van der Waals surface area contributed by atoms with Crippen molar-refractivity contribution in [1.82, 2.24) is 0 Å². The Bertz CT molecular complexity index is 613. The van der Waals surface area contributed by atoms with E-state index in [2.05, 4.69) is 22.0 Å². The molecule has 4 heteroatoms. The first-order valence-electron chi connectivity index (χ1n) is 8.23. The third-order valence-electron chi connectivity index (χ3n) is 3.72. The van der Waals surface area contributed by atoms with E-state index in [0.717, 1.165) is 46.4 Å². The van der Waals surface area contributed by atoms with Crippen molar-refractivity contribution in [1.29, 1.82) is 0 Å². The minimum atomic E-state index is 0.605. The highest BCUT2D eigenvalue weighted by molar-refractivity contribution is 9.09. The topological polar surface area (TPSA) is 27.7 Å². The Balaban J connectivity index is 2.17. The van der Waals surface area contributed by atoms with Crippen molar-refractivity contribution >= 4 is 26.7 Å². The van der Waals surface area contributed by atoms with Crippen molar-refractivity contribution in [3.63, 3.8) is 0 Å². The SMILES string of the molecule is CCOc1c(OC)cc(OCCCCCCBr)c2ccccc12. The van der Waals surface area contributed by atoms with Crippen LogP contribution in [0.15, 0.2) is 30.3 Å². The maximum Gasteiger partial charge on any atom is 0.169 e. The second-order valence-corrected chi connectivity index (χ2v) is 6.13. The van der Waals surface area contributed by atoms with Crippen molar-refractivity contribution in [2.75, 3.05) is 25.7 Å². The van der Waals surface area contributed by atoms with Crippen molar-refractivity contribution in [2.24, 2.45) is 0 Å². The third-order valence-corrected chi connectivity index (χ3v) is 4.28. The zero-order valence-electron chi connectivity index (χ0n) is 13.9. The molecule has 0 fully saturated rings. The number of benzene rings is 2. The molecule has 0 aromatic heterocycles. The van der Waals surface area contributed by atoms with Crippen LogP contribution >= 0.6 is 15.9 Å². The molecule has 0 saturated heterocycles. The second kappa shape index (κ2) is 9.66. The van der Waals surface area contributed by atoms with Crippen molar-refractivity contribution in [3.8, 4) is 17.2 Å². The maximum atomic E-state index is 6.03. The van der Waals surface area contributed by atoms with Crippen LogP contribution in [0.2, 0.25) is 0 Å². The van der Waals surface area contributed by atoms with Crippen molar-refractivity contribution in [3.05, 3.63) is 30.3 Å². The molecule has 0 aliphatic heterocycles. The molecule has 2 rings (SSSR count). The van der Waals surface area contributed by atoms with Crippen LogP contribution in [0.1, 0.15) is 32.6 Å². The lowest BCUT2D eigenvalue weighted by molar-refractivity contribution is 0.298. The van der Waals surface area contributed by atoms with Gasteiger partial charge >= 0.3 is 0 Å². The molecule has 2 aromatic rings. The van der Waals surface area contributed by atoms with Gasteiger partial charge in [0.15, 0.2) is 11.5 Å². The van der Waals surface area contributed by atoms with Gasteiger partial charge in [-0.1, -0.05) is 53.0 Å². The van der Waals surface area contributed by atoms with Crippen LogP contribution in [0.25, 0.3) is 10.8 Å². The summed E-state index contributed by atoms with van der Waals surface area (Å²) < 4.78 is 17.3. The molecule has 0 aliphatic carbocycles. The molecule has 0 atom stereocenters. The van der Waals surface area contributed by atoms with E-state index in [1.807, 2.05) is 31.2 Å². The number of methoxy groups -OCH3 is 1. The second-order valence-electron chi connectivity index (χ2n) is 5.34. The fourth-order valence-electron chi connectivity index (χ4n) is 2.59. The lowest BCUT2D eigenvalue weighted by Gasteiger charge is -2.16. The Hall–Kier alpha value is -1.42. The van der Waals surface area contributed by atoms with Gasteiger partial charge in [0.05, 0.1) is 20.3 Å². The normalized spacial score (nSPS) is 10.7. The van der Waals surface area contributed by atoms with E-state index >= 15 is 0 Å². The molecule has 0 saturated carbocycles. The summed E-state index contributed by atoms with van der Waals surface area (Å²) in [4.78, 5) is 0. The van der Waals surface area contributed by atoms with Gasteiger partial charge in [0.2, 0.25) is 0 Å². The first kappa shape index (κ1) is 17.9. The molecule has 0 N–H and O–H groups in total. The van der Waals surface area contributed by atoms with Gasteiger partial charge in [0, 0.05) is 22.2 Å².